The number of carbonyl (C=O) groups is 1. The molecule has 0 aliphatic carbocycles. The molecule has 1 aromatic heterocycles. The number of nitrogens with one attached hydrogen (secondary N) is 1. The number of aromatic nitrogens is 2. The Morgan fingerprint density at radius 1 is 1.31 bits per heavy atom. The van der Waals surface area contributed by atoms with Crippen molar-refractivity contribution >= 4 is 11.9 Å². The van der Waals surface area contributed by atoms with Gasteiger partial charge < -0.3 is 15.0 Å². The van der Waals surface area contributed by atoms with Crippen molar-refractivity contribution in [3.63, 3.8) is 0 Å². The molecule has 1 fully saturated rings. The predicted molar refractivity (Wildman–Crippen MR) is 101 cm³/mol. The Balaban J connectivity index is 1.63. The average molecular weight is 354 g/mol. The lowest BCUT2D eigenvalue weighted by atomic mass is 9.96. The fraction of sp³-hybridized carbons (Fsp3) is 0.450. The van der Waals surface area contributed by atoms with Gasteiger partial charge in [-0.1, -0.05) is 19.1 Å². The highest BCUT2D eigenvalue weighted by molar-refractivity contribution is 5.80. The van der Waals surface area contributed by atoms with Crippen molar-refractivity contribution in [2.75, 3.05) is 25.1 Å². The fourth-order valence-corrected chi connectivity index (χ4v) is 3.37. The zero-order valence-corrected chi connectivity index (χ0v) is 15.4. The fourth-order valence-electron chi connectivity index (χ4n) is 3.37. The van der Waals surface area contributed by atoms with Gasteiger partial charge in [0, 0.05) is 25.5 Å². The molecule has 3 rings (SSSR count). The van der Waals surface area contributed by atoms with Gasteiger partial charge in [0.15, 0.2) is 0 Å². The molecule has 0 saturated carbocycles. The maximum atomic E-state index is 12.8. The van der Waals surface area contributed by atoms with Crippen LogP contribution in [-0.4, -0.2) is 36.1 Å². The van der Waals surface area contributed by atoms with Crippen LogP contribution in [-0.2, 0) is 4.79 Å². The Bertz CT molecular complexity index is 706. The molecular weight excluding hydrogens is 328 g/mol. The molecule has 1 N–H and O–H groups in total. The number of amides is 1. The first-order valence-electron chi connectivity index (χ1n) is 9.17. The summed E-state index contributed by atoms with van der Waals surface area (Å²) < 4.78 is 5.21. The quantitative estimate of drug-likeness (QED) is 0.864. The highest BCUT2D eigenvalue weighted by atomic mass is 16.5. The van der Waals surface area contributed by atoms with Gasteiger partial charge in [0.05, 0.1) is 19.1 Å². The largest absolute Gasteiger partial charge is 0.497 e. The molecule has 0 radical (unpaired) electrons. The van der Waals surface area contributed by atoms with Gasteiger partial charge in [0.2, 0.25) is 11.9 Å². The van der Waals surface area contributed by atoms with E-state index in [0.717, 1.165) is 37.1 Å². The minimum Gasteiger partial charge on any atom is -0.497 e. The van der Waals surface area contributed by atoms with Crippen LogP contribution in [0.15, 0.2) is 42.7 Å². The van der Waals surface area contributed by atoms with Crippen molar-refractivity contribution in [1.29, 1.82) is 0 Å². The second-order valence-electron chi connectivity index (χ2n) is 6.58. The first kappa shape index (κ1) is 18.2. The average Bonchev–Trinajstić information content (AvgIpc) is 2.72. The zero-order chi connectivity index (χ0) is 18.4. The summed E-state index contributed by atoms with van der Waals surface area (Å²) >= 11 is 0. The van der Waals surface area contributed by atoms with E-state index in [4.69, 9.17) is 4.74 Å². The molecule has 2 heterocycles. The van der Waals surface area contributed by atoms with Crippen LogP contribution in [0.25, 0.3) is 0 Å². The second-order valence-corrected chi connectivity index (χ2v) is 6.58. The van der Waals surface area contributed by atoms with Crippen LogP contribution in [0.1, 0.15) is 37.8 Å². The highest BCUT2D eigenvalue weighted by Gasteiger charge is 2.28. The van der Waals surface area contributed by atoms with E-state index >= 15 is 0 Å². The van der Waals surface area contributed by atoms with Gasteiger partial charge in [-0.05, 0) is 43.0 Å². The third-order valence-corrected chi connectivity index (χ3v) is 4.87. The summed E-state index contributed by atoms with van der Waals surface area (Å²) in [5.41, 5.74) is 1.10. The van der Waals surface area contributed by atoms with Gasteiger partial charge in [-0.25, -0.2) is 9.97 Å². The third-order valence-electron chi connectivity index (χ3n) is 4.87. The normalized spacial score (nSPS) is 18.2. The molecule has 1 aliphatic rings. The summed E-state index contributed by atoms with van der Waals surface area (Å²) in [5, 5.41) is 3.21. The summed E-state index contributed by atoms with van der Waals surface area (Å²) in [6.07, 6.45) is 6.19. The van der Waals surface area contributed by atoms with Gasteiger partial charge in [0.1, 0.15) is 5.75 Å². The number of nitrogens with zero attached hydrogens (tertiary/aromatic N) is 3. The standard InChI is InChI=1S/C20H26N4O2/c1-3-18(15-7-9-17(26-2)10-8-15)23-19(25)16-6-4-13-24(14-16)20-21-11-5-12-22-20/h5,7-12,16,18H,3-4,6,13-14H2,1-2H3,(H,23,25). The number of benzene rings is 1. The van der Waals surface area contributed by atoms with Crippen molar-refractivity contribution in [2.45, 2.75) is 32.2 Å². The number of hydrogen-bond acceptors (Lipinski definition) is 5. The number of methoxy groups -OCH3 is 1. The number of hydrogen-bond donors (Lipinski definition) is 1. The number of anilines is 1. The van der Waals surface area contributed by atoms with E-state index in [1.807, 2.05) is 24.3 Å². The van der Waals surface area contributed by atoms with Crippen LogP contribution in [0.4, 0.5) is 5.95 Å². The molecule has 1 saturated heterocycles. The van der Waals surface area contributed by atoms with Crippen LogP contribution in [0.5, 0.6) is 5.75 Å². The van der Waals surface area contributed by atoms with Gasteiger partial charge >= 0.3 is 0 Å². The Morgan fingerprint density at radius 3 is 2.69 bits per heavy atom. The van der Waals surface area contributed by atoms with Gasteiger partial charge in [-0.2, -0.15) is 0 Å². The van der Waals surface area contributed by atoms with E-state index in [0.29, 0.717) is 12.5 Å². The van der Waals surface area contributed by atoms with Crippen LogP contribution in [0.2, 0.25) is 0 Å². The molecule has 0 spiro atoms. The van der Waals surface area contributed by atoms with Crippen LogP contribution in [0, 0.1) is 5.92 Å². The highest BCUT2D eigenvalue weighted by Crippen LogP contribution is 2.24. The minimum atomic E-state index is -0.0418. The maximum absolute atomic E-state index is 12.8. The van der Waals surface area contributed by atoms with E-state index in [2.05, 4.69) is 27.1 Å². The monoisotopic (exact) mass is 354 g/mol. The molecule has 6 nitrogen and oxygen atoms in total. The first-order chi connectivity index (χ1) is 12.7. The number of piperidine rings is 1. The molecule has 1 amide bonds. The van der Waals surface area contributed by atoms with E-state index in [-0.39, 0.29) is 17.9 Å². The lowest BCUT2D eigenvalue weighted by Gasteiger charge is -2.32. The minimum absolute atomic E-state index is 0.0109. The summed E-state index contributed by atoms with van der Waals surface area (Å²) in [5.74, 6) is 1.58. The molecule has 2 aromatic rings. The maximum Gasteiger partial charge on any atom is 0.225 e. The zero-order valence-electron chi connectivity index (χ0n) is 15.4. The molecule has 2 atom stereocenters. The molecule has 0 bridgehead atoms. The summed E-state index contributed by atoms with van der Waals surface area (Å²) in [6, 6.07) is 9.70. The molecule has 26 heavy (non-hydrogen) atoms. The van der Waals surface area contributed by atoms with Crippen LogP contribution >= 0.6 is 0 Å². The van der Waals surface area contributed by atoms with Crippen molar-refractivity contribution in [2.24, 2.45) is 5.92 Å². The Hall–Kier alpha value is -2.63. The van der Waals surface area contributed by atoms with Crippen molar-refractivity contribution in [1.82, 2.24) is 15.3 Å². The van der Waals surface area contributed by atoms with Gasteiger partial charge in [0.25, 0.3) is 0 Å². The van der Waals surface area contributed by atoms with Crippen molar-refractivity contribution < 1.29 is 9.53 Å². The van der Waals surface area contributed by atoms with Gasteiger partial charge in [-0.15, -0.1) is 0 Å². The lowest BCUT2D eigenvalue weighted by molar-refractivity contribution is -0.126. The summed E-state index contributed by atoms with van der Waals surface area (Å²) in [7, 11) is 1.65. The Labute approximate surface area is 154 Å². The lowest BCUT2D eigenvalue weighted by Crippen LogP contribution is -2.44. The molecular formula is C20H26N4O2. The molecule has 138 valence electrons. The summed E-state index contributed by atoms with van der Waals surface area (Å²) in [6.45, 7) is 3.64. The van der Waals surface area contributed by atoms with Crippen molar-refractivity contribution in [3.05, 3.63) is 48.3 Å². The number of ether oxygens (including phenoxy) is 1. The molecule has 6 heteroatoms. The van der Waals surface area contributed by atoms with E-state index in [9.17, 15) is 4.79 Å². The van der Waals surface area contributed by atoms with E-state index < -0.39 is 0 Å². The van der Waals surface area contributed by atoms with E-state index in [1.165, 1.54) is 0 Å². The van der Waals surface area contributed by atoms with Crippen LogP contribution in [0.3, 0.4) is 0 Å². The topological polar surface area (TPSA) is 67.4 Å². The first-order valence-corrected chi connectivity index (χ1v) is 9.17. The SMILES string of the molecule is CCC(NC(=O)C1CCCN(c2ncccn2)C1)c1ccc(OC)cc1. The predicted octanol–water partition coefficient (Wildman–Crippen LogP) is 2.97. The number of rotatable bonds is 6. The molecule has 2 unspecified atom stereocenters. The molecule has 1 aliphatic heterocycles. The Kier molecular flexibility index (Phi) is 6.04. The van der Waals surface area contributed by atoms with Crippen LogP contribution < -0.4 is 15.0 Å². The third kappa shape index (κ3) is 4.31. The van der Waals surface area contributed by atoms with Crippen molar-refractivity contribution in [3.8, 4) is 5.75 Å². The molecule has 1 aromatic carbocycles. The van der Waals surface area contributed by atoms with Gasteiger partial charge in [-0.3, -0.25) is 4.79 Å². The van der Waals surface area contributed by atoms with E-state index in [1.54, 1.807) is 25.6 Å². The number of carbonyl (C=O) groups excluding carboxylic acids is 1. The smallest absolute Gasteiger partial charge is 0.225 e. The Morgan fingerprint density at radius 2 is 2.04 bits per heavy atom. The second kappa shape index (κ2) is 8.65. The summed E-state index contributed by atoms with van der Waals surface area (Å²) in [4.78, 5) is 23.6.